The normalized spacial score (nSPS) is 12.3. The Balaban J connectivity index is 3.46. The van der Waals surface area contributed by atoms with Crippen LogP contribution in [0.1, 0.15) is 19.9 Å². The highest BCUT2D eigenvalue weighted by Gasteiger charge is 2.19. The summed E-state index contributed by atoms with van der Waals surface area (Å²) in [6.07, 6.45) is 0. The van der Waals surface area contributed by atoms with Gasteiger partial charge < -0.3 is 0 Å². The van der Waals surface area contributed by atoms with Gasteiger partial charge in [0.05, 0.1) is 0 Å². The zero-order valence-corrected chi connectivity index (χ0v) is 8.00. The predicted octanol–water partition coefficient (Wildman–Crippen LogP) is -1.20. The van der Waals surface area contributed by atoms with Gasteiger partial charge in [0.15, 0.2) is 0 Å². The second-order valence-electron chi connectivity index (χ2n) is 2.82. The zero-order chi connectivity index (χ0) is 10.2. The average molecular weight is 206 g/mol. The number of nitrogens with two attached hydrogens (primary N) is 1. The van der Waals surface area contributed by atoms with E-state index in [1.165, 1.54) is 0 Å². The first-order valence-electron chi connectivity index (χ1n) is 3.53. The van der Waals surface area contributed by atoms with Gasteiger partial charge >= 0.3 is 5.69 Å². The number of aromatic amines is 1. The van der Waals surface area contributed by atoms with E-state index < -0.39 is 20.9 Å². The van der Waals surface area contributed by atoms with Crippen LogP contribution in [0.25, 0.3) is 0 Å². The van der Waals surface area contributed by atoms with Gasteiger partial charge in [0.1, 0.15) is 0 Å². The maximum Gasteiger partial charge on any atom is 0.362 e. The molecule has 0 amide bonds. The Morgan fingerprint density at radius 2 is 2.08 bits per heavy atom. The molecule has 8 heteroatoms. The molecule has 0 radical (unpaired) electrons. The number of aromatic nitrogens is 3. The van der Waals surface area contributed by atoms with Crippen LogP contribution in [0.2, 0.25) is 0 Å². The SMILES string of the molecule is CC(C)n1[nH]c(=O)nc1S(N)(=O)=O. The second kappa shape index (κ2) is 2.96. The summed E-state index contributed by atoms with van der Waals surface area (Å²) in [5.74, 6) is 0. The summed E-state index contributed by atoms with van der Waals surface area (Å²) < 4.78 is 22.9. The fourth-order valence-electron chi connectivity index (χ4n) is 0.867. The smallest absolute Gasteiger partial charge is 0.253 e. The molecule has 0 saturated heterocycles. The van der Waals surface area contributed by atoms with Gasteiger partial charge in [0.2, 0.25) is 0 Å². The fraction of sp³-hybridized carbons (Fsp3) is 0.600. The summed E-state index contributed by atoms with van der Waals surface area (Å²) in [5.41, 5.74) is -0.724. The second-order valence-corrected chi connectivity index (χ2v) is 4.28. The third-order valence-corrected chi connectivity index (χ3v) is 2.19. The van der Waals surface area contributed by atoms with Crippen molar-refractivity contribution in [2.24, 2.45) is 5.14 Å². The van der Waals surface area contributed by atoms with Crippen molar-refractivity contribution in [2.45, 2.75) is 25.0 Å². The number of nitrogens with zero attached hydrogens (tertiary/aromatic N) is 2. The molecule has 0 saturated carbocycles. The van der Waals surface area contributed by atoms with Gasteiger partial charge in [-0.15, -0.1) is 0 Å². The number of hydrogen-bond donors (Lipinski definition) is 2. The van der Waals surface area contributed by atoms with Crippen LogP contribution in [0, 0.1) is 0 Å². The Hall–Kier alpha value is -1.15. The van der Waals surface area contributed by atoms with Crippen molar-refractivity contribution in [2.75, 3.05) is 0 Å². The summed E-state index contributed by atoms with van der Waals surface area (Å²) in [5, 5.41) is 6.64. The Kier molecular flexibility index (Phi) is 2.26. The van der Waals surface area contributed by atoms with Crippen LogP contribution in [0.4, 0.5) is 0 Å². The van der Waals surface area contributed by atoms with E-state index in [0.717, 1.165) is 4.68 Å². The van der Waals surface area contributed by atoms with Gasteiger partial charge in [-0.05, 0) is 13.8 Å². The van der Waals surface area contributed by atoms with Crippen molar-refractivity contribution >= 4 is 10.0 Å². The lowest BCUT2D eigenvalue weighted by atomic mass is 10.4. The van der Waals surface area contributed by atoms with E-state index in [0.29, 0.717) is 0 Å². The number of nitrogens with one attached hydrogen (secondary N) is 1. The van der Waals surface area contributed by atoms with Crippen LogP contribution in [0.5, 0.6) is 0 Å². The summed E-state index contributed by atoms with van der Waals surface area (Å²) in [4.78, 5) is 14.0. The molecule has 7 nitrogen and oxygen atoms in total. The molecule has 1 aromatic rings. The Morgan fingerprint density at radius 3 is 2.38 bits per heavy atom. The molecular weight excluding hydrogens is 196 g/mol. The predicted molar refractivity (Wildman–Crippen MR) is 44.6 cm³/mol. The van der Waals surface area contributed by atoms with E-state index in [9.17, 15) is 13.2 Å². The van der Waals surface area contributed by atoms with Crippen molar-refractivity contribution in [3.63, 3.8) is 0 Å². The largest absolute Gasteiger partial charge is 0.362 e. The molecule has 1 aromatic heterocycles. The van der Waals surface area contributed by atoms with Crippen molar-refractivity contribution in [3.05, 3.63) is 10.5 Å². The lowest BCUT2D eigenvalue weighted by molar-refractivity contribution is 0.470. The van der Waals surface area contributed by atoms with Crippen molar-refractivity contribution in [3.8, 4) is 0 Å². The number of hydrogen-bond acceptors (Lipinski definition) is 4. The van der Waals surface area contributed by atoms with Crippen LogP contribution in [0.3, 0.4) is 0 Å². The third kappa shape index (κ3) is 1.95. The van der Waals surface area contributed by atoms with Gasteiger partial charge in [-0.1, -0.05) is 0 Å². The van der Waals surface area contributed by atoms with Crippen LogP contribution < -0.4 is 10.8 Å². The van der Waals surface area contributed by atoms with Crippen LogP contribution in [-0.2, 0) is 10.0 Å². The Bertz CT molecular complexity index is 454. The molecule has 0 aliphatic carbocycles. The van der Waals surface area contributed by atoms with Crippen molar-refractivity contribution in [1.29, 1.82) is 0 Å². The molecular formula is C5H10N4O3S. The van der Waals surface area contributed by atoms with Crippen molar-refractivity contribution in [1.82, 2.24) is 14.8 Å². The summed E-state index contributed by atoms with van der Waals surface area (Å²) in [7, 11) is -3.94. The maximum atomic E-state index is 10.9. The van der Waals surface area contributed by atoms with E-state index >= 15 is 0 Å². The van der Waals surface area contributed by atoms with Gasteiger partial charge in [-0.2, -0.15) is 4.98 Å². The van der Waals surface area contributed by atoms with Gasteiger partial charge in [0, 0.05) is 6.04 Å². The highest BCUT2D eigenvalue weighted by molar-refractivity contribution is 7.89. The van der Waals surface area contributed by atoms with E-state index in [2.05, 4.69) is 10.1 Å². The lowest BCUT2D eigenvalue weighted by Crippen LogP contribution is -2.20. The van der Waals surface area contributed by atoms with E-state index in [1.807, 2.05) is 0 Å². The third-order valence-electron chi connectivity index (χ3n) is 1.39. The quantitative estimate of drug-likeness (QED) is 0.633. The molecule has 0 spiro atoms. The maximum absolute atomic E-state index is 10.9. The molecule has 13 heavy (non-hydrogen) atoms. The molecule has 74 valence electrons. The average Bonchev–Trinajstić information content (AvgIpc) is 2.29. The first kappa shape index (κ1) is 9.93. The minimum absolute atomic E-state index is 0.219. The first-order valence-corrected chi connectivity index (χ1v) is 5.08. The van der Waals surface area contributed by atoms with E-state index in [4.69, 9.17) is 5.14 Å². The van der Waals surface area contributed by atoms with Crippen LogP contribution in [0.15, 0.2) is 9.95 Å². The standard InChI is InChI=1S/C5H10N4O3S/c1-3(2)9-5(13(6,11)12)7-4(10)8-9/h3H,1-2H3,(H,8,10)(H2,6,11,12). The van der Waals surface area contributed by atoms with Gasteiger partial charge in [-0.3, -0.25) is 4.68 Å². The molecule has 0 aromatic carbocycles. The molecule has 0 aliphatic heterocycles. The highest BCUT2D eigenvalue weighted by atomic mass is 32.2. The minimum atomic E-state index is -3.94. The van der Waals surface area contributed by atoms with Crippen LogP contribution >= 0.6 is 0 Å². The summed E-state index contributed by atoms with van der Waals surface area (Å²) in [6, 6.07) is -0.219. The number of primary sulfonamides is 1. The Morgan fingerprint density at radius 1 is 1.54 bits per heavy atom. The number of sulfonamides is 1. The van der Waals surface area contributed by atoms with Crippen molar-refractivity contribution < 1.29 is 8.42 Å². The monoisotopic (exact) mass is 206 g/mol. The van der Waals surface area contributed by atoms with Gasteiger partial charge in [-0.25, -0.2) is 23.4 Å². The molecule has 0 bridgehead atoms. The minimum Gasteiger partial charge on any atom is -0.253 e. The Labute approximate surface area is 74.6 Å². The summed E-state index contributed by atoms with van der Waals surface area (Å²) >= 11 is 0. The first-order chi connectivity index (χ1) is 5.82. The molecule has 3 N–H and O–H groups in total. The molecule has 0 unspecified atom stereocenters. The van der Waals surface area contributed by atoms with Crippen LogP contribution in [-0.4, -0.2) is 23.2 Å². The topological polar surface area (TPSA) is 111 Å². The molecule has 0 aliphatic rings. The molecule has 1 heterocycles. The lowest BCUT2D eigenvalue weighted by Gasteiger charge is -2.07. The molecule has 0 atom stereocenters. The molecule has 0 fully saturated rings. The zero-order valence-electron chi connectivity index (χ0n) is 7.18. The number of rotatable bonds is 2. The summed E-state index contributed by atoms with van der Waals surface area (Å²) in [6.45, 7) is 3.40. The number of H-pyrrole nitrogens is 1. The highest BCUT2D eigenvalue weighted by Crippen LogP contribution is 2.06. The van der Waals surface area contributed by atoms with E-state index in [1.54, 1.807) is 13.8 Å². The van der Waals surface area contributed by atoms with E-state index in [-0.39, 0.29) is 6.04 Å². The molecule has 1 rings (SSSR count). The fourth-order valence-corrected chi connectivity index (χ4v) is 1.61. The van der Waals surface area contributed by atoms with Gasteiger partial charge in [0.25, 0.3) is 15.2 Å².